The molecule has 0 amide bonds. The summed E-state index contributed by atoms with van der Waals surface area (Å²) in [4.78, 5) is 11.0. The second kappa shape index (κ2) is 8.92. The number of benzene rings is 1. The predicted octanol–water partition coefficient (Wildman–Crippen LogP) is 0.804. The van der Waals surface area contributed by atoms with Gasteiger partial charge in [-0.15, -0.1) is 5.10 Å². The molecular weight excluding hydrogens is 395 g/mol. The number of para-hydroxylation sites is 1. The van der Waals surface area contributed by atoms with Gasteiger partial charge in [0.25, 0.3) is 0 Å². The summed E-state index contributed by atoms with van der Waals surface area (Å²) in [6.07, 6.45) is 6.51. The first-order valence-corrected chi connectivity index (χ1v) is 9.19. The first kappa shape index (κ1) is 20.5. The standard InChI is InChI=1S/C19H18N8O2.Na.H/c28-16-4-2-1-3-14(16)19-15(26-6-5-22-24-26)12-23-27(19)18-11-17(20-13-21-18)25-7-9-29-10-8-25;;/h1-6,11-13,28H,7-10H2;;. The summed E-state index contributed by atoms with van der Waals surface area (Å²) in [7, 11) is 0. The van der Waals surface area contributed by atoms with Gasteiger partial charge in [-0.05, 0) is 12.1 Å². The van der Waals surface area contributed by atoms with Crippen LogP contribution in [-0.4, -0.2) is 95.7 Å². The normalized spacial score (nSPS) is 13.8. The van der Waals surface area contributed by atoms with Gasteiger partial charge in [-0.25, -0.2) is 19.3 Å². The zero-order valence-electron chi connectivity index (χ0n) is 15.5. The van der Waals surface area contributed by atoms with Crippen molar-refractivity contribution >= 4 is 35.4 Å². The molecular formula is C19H19N8NaO2. The number of hydrogen-bond acceptors (Lipinski definition) is 8. The molecule has 1 saturated heterocycles. The summed E-state index contributed by atoms with van der Waals surface area (Å²) < 4.78 is 8.71. The van der Waals surface area contributed by atoms with Gasteiger partial charge in [-0.2, -0.15) is 5.10 Å². The third-order valence-corrected chi connectivity index (χ3v) is 4.77. The van der Waals surface area contributed by atoms with E-state index in [1.807, 2.05) is 18.2 Å². The molecule has 0 atom stereocenters. The van der Waals surface area contributed by atoms with E-state index >= 15 is 0 Å². The molecule has 1 aliphatic heterocycles. The van der Waals surface area contributed by atoms with Crippen molar-refractivity contribution in [1.29, 1.82) is 0 Å². The topological polar surface area (TPSA) is 107 Å². The van der Waals surface area contributed by atoms with Crippen LogP contribution in [0.1, 0.15) is 0 Å². The minimum absolute atomic E-state index is 0. The molecule has 0 saturated carbocycles. The van der Waals surface area contributed by atoms with Crippen molar-refractivity contribution < 1.29 is 9.84 Å². The van der Waals surface area contributed by atoms with Crippen molar-refractivity contribution in [1.82, 2.24) is 34.7 Å². The van der Waals surface area contributed by atoms with Crippen molar-refractivity contribution in [3.8, 4) is 28.5 Å². The Balaban J connectivity index is 0.00000218. The molecule has 30 heavy (non-hydrogen) atoms. The van der Waals surface area contributed by atoms with E-state index < -0.39 is 0 Å². The Labute approximate surface area is 194 Å². The van der Waals surface area contributed by atoms with E-state index in [9.17, 15) is 5.11 Å². The zero-order valence-corrected chi connectivity index (χ0v) is 15.5. The Morgan fingerprint density at radius 1 is 1.03 bits per heavy atom. The van der Waals surface area contributed by atoms with Gasteiger partial charge in [-0.3, -0.25) is 0 Å². The van der Waals surface area contributed by atoms with Gasteiger partial charge in [0, 0.05) is 24.7 Å². The van der Waals surface area contributed by atoms with Crippen LogP contribution in [0.4, 0.5) is 5.82 Å². The number of rotatable bonds is 4. The molecule has 148 valence electrons. The molecule has 0 unspecified atom stereocenters. The quantitative estimate of drug-likeness (QED) is 0.489. The average Bonchev–Trinajstić information content (AvgIpc) is 3.45. The monoisotopic (exact) mass is 414 g/mol. The predicted molar refractivity (Wildman–Crippen MR) is 111 cm³/mol. The number of phenols is 1. The fourth-order valence-electron chi connectivity index (χ4n) is 3.36. The second-order valence-corrected chi connectivity index (χ2v) is 6.49. The minimum atomic E-state index is 0. The molecule has 11 heteroatoms. The number of anilines is 1. The number of ether oxygens (including phenoxy) is 1. The number of nitrogens with zero attached hydrogens (tertiary/aromatic N) is 8. The number of phenolic OH excluding ortho intramolecular Hbond substituents is 1. The van der Waals surface area contributed by atoms with Crippen LogP contribution in [0.3, 0.4) is 0 Å². The van der Waals surface area contributed by atoms with Crippen molar-refractivity contribution in [2.75, 3.05) is 31.2 Å². The van der Waals surface area contributed by atoms with Gasteiger partial charge in [0.05, 0.1) is 31.8 Å². The second-order valence-electron chi connectivity index (χ2n) is 6.49. The summed E-state index contributed by atoms with van der Waals surface area (Å²) in [5.74, 6) is 1.53. The van der Waals surface area contributed by atoms with Gasteiger partial charge in [0.1, 0.15) is 29.3 Å². The molecule has 0 aliphatic carbocycles. The molecule has 10 nitrogen and oxygen atoms in total. The maximum atomic E-state index is 10.5. The van der Waals surface area contributed by atoms with Gasteiger partial charge >= 0.3 is 29.6 Å². The van der Waals surface area contributed by atoms with E-state index in [0.717, 1.165) is 18.9 Å². The fourth-order valence-corrected chi connectivity index (χ4v) is 3.36. The summed E-state index contributed by atoms with van der Waals surface area (Å²) in [5, 5.41) is 23.0. The molecule has 0 spiro atoms. The third kappa shape index (κ3) is 3.82. The van der Waals surface area contributed by atoms with Crippen LogP contribution in [0, 0.1) is 0 Å². The maximum absolute atomic E-state index is 10.5. The Morgan fingerprint density at radius 2 is 1.83 bits per heavy atom. The van der Waals surface area contributed by atoms with E-state index in [2.05, 4.69) is 30.3 Å². The summed E-state index contributed by atoms with van der Waals surface area (Å²) in [6, 6.07) is 8.98. The Bertz CT molecular complexity index is 1130. The van der Waals surface area contributed by atoms with Crippen LogP contribution in [0.5, 0.6) is 5.75 Å². The van der Waals surface area contributed by atoms with Crippen LogP contribution in [0.15, 0.2) is 55.2 Å². The number of aromatic hydroxyl groups is 1. The molecule has 3 aromatic heterocycles. The molecule has 1 aliphatic rings. The Morgan fingerprint density at radius 3 is 2.60 bits per heavy atom. The Hall–Kier alpha value is -2.79. The average molecular weight is 414 g/mol. The summed E-state index contributed by atoms with van der Waals surface area (Å²) >= 11 is 0. The first-order chi connectivity index (χ1) is 14.3. The summed E-state index contributed by atoms with van der Waals surface area (Å²) in [6.45, 7) is 2.87. The molecule has 5 rings (SSSR count). The number of morpholine rings is 1. The molecule has 1 fully saturated rings. The molecule has 4 aromatic rings. The van der Waals surface area contributed by atoms with Crippen LogP contribution in [0.25, 0.3) is 22.8 Å². The molecule has 1 aromatic carbocycles. The van der Waals surface area contributed by atoms with Crippen molar-refractivity contribution in [2.24, 2.45) is 0 Å². The van der Waals surface area contributed by atoms with E-state index in [1.54, 1.807) is 40.1 Å². The molecule has 1 N–H and O–H groups in total. The van der Waals surface area contributed by atoms with Gasteiger partial charge in [0.2, 0.25) is 0 Å². The van der Waals surface area contributed by atoms with E-state index in [-0.39, 0.29) is 35.3 Å². The van der Waals surface area contributed by atoms with Crippen LogP contribution < -0.4 is 4.90 Å². The number of aromatic nitrogens is 7. The van der Waals surface area contributed by atoms with E-state index in [4.69, 9.17) is 4.74 Å². The van der Waals surface area contributed by atoms with Crippen molar-refractivity contribution in [2.45, 2.75) is 0 Å². The van der Waals surface area contributed by atoms with E-state index in [1.165, 1.54) is 6.33 Å². The SMILES string of the molecule is Oc1ccccc1-c1c(-n2ccnn2)cnn1-c1cc(N2CCOCC2)ncn1.[NaH]. The summed E-state index contributed by atoms with van der Waals surface area (Å²) in [5.41, 5.74) is 1.94. The van der Waals surface area contributed by atoms with Gasteiger partial charge in [-0.1, -0.05) is 17.3 Å². The zero-order chi connectivity index (χ0) is 19.6. The molecule has 0 radical (unpaired) electrons. The van der Waals surface area contributed by atoms with Crippen molar-refractivity contribution in [3.05, 3.63) is 55.2 Å². The van der Waals surface area contributed by atoms with Gasteiger partial charge in [0.15, 0.2) is 5.82 Å². The third-order valence-electron chi connectivity index (χ3n) is 4.77. The Kier molecular flexibility index (Phi) is 6.09. The molecule has 4 heterocycles. The fraction of sp³-hybridized carbons (Fsp3) is 0.211. The first-order valence-electron chi connectivity index (χ1n) is 9.19. The number of hydrogen-bond donors (Lipinski definition) is 1. The van der Waals surface area contributed by atoms with Crippen LogP contribution in [0.2, 0.25) is 0 Å². The van der Waals surface area contributed by atoms with Crippen molar-refractivity contribution in [3.63, 3.8) is 0 Å². The van der Waals surface area contributed by atoms with E-state index in [0.29, 0.717) is 36.0 Å². The van der Waals surface area contributed by atoms with Crippen LogP contribution in [-0.2, 0) is 4.74 Å². The molecule has 0 bridgehead atoms. The van der Waals surface area contributed by atoms with Crippen LogP contribution >= 0.6 is 0 Å². The van der Waals surface area contributed by atoms with Gasteiger partial charge < -0.3 is 14.7 Å².